The van der Waals surface area contributed by atoms with E-state index in [9.17, 15) is 14.4 Å². The van der Waals surface area contributed by atoms with E-state index in [1.54, 1.807) is 0 Å². The monoisotopic (exact) mass is 394 g/mol. The number of hydrogen-bond acceptors (Lipinski definition) is 5. The van der Waals surface area contributed by atoms with Crippen molar-refractivity contribution < 1.29 is 14.4 Å². The fourth-order valence-electron chi connectivity index (χ4n) is 3.34. The quantitative estimate of drug-likeness (QED) is 0.581. The van der Waals surface area contributed by atoms with Gasteiger partial charge in [-0.15, -0.1) is 11.3 Å². The summed E-state index contributed by atoms with van der Waals surface area (Å²) in [6.45, 7) is 0.921. The van der Waals surface area contributed by atoms with Crippen LogP contribution in [0, 0.1) is 0 Å². The van der Waals surface area contributed by atoms with E-state index in [0.29, 0.717) is 31.1 Å². The molecule has 3 rings (SSSR count). The maximum Gasteiger partial charge on any atom is 0.321 e. The van der Waals surface area contributed by atoms with Gasteiger partial charge in [0.1, 0.15) is 0 Å². The summed E-state index contributed by atoms with van der Waals surface area (Å²) >= 11 is 1.35. The molecule has 1 saturated heterocycles. The zero-order chi connectivity index (χ0) is 19.2. The zero-order valence-electron chi connectivity index (χ0n) is 15.2. The van der Waals surface area contributed by atoms with Gasteiger partial charge in [-0.05, 0) is 19.3 Å². The minimum Gasteiger partial charge on any atom is -0.351 e. The number of anilines is 1. The van der Waals surface area contributed by atoms with Crippen LogP contribution in [0.1, 0.15) is 44.2 Å². The molecule has 0 unspecified atom stereocenters. The minimum atomic E-state index is -0.462. The number of amides is 5. The molecular formula is C17H26N6O3S. The highest BCUT2D eigenvalue weighted by atomic mass is 32.1. The van der Waals surface area contributed by atoms with Crippen LogP contribution in [0.4, 0.5) is 14.7 Å². The number of hydrogen-bond donors (Lipinski definition) is 4. The summed E-state index contributed by atoms with van der Waals surface area (Å²) in [6, 6.07) is -0.458. The number of likely N-dealkylation sites (tertiary alicyclic amines) is 1. The fourth-order valence-corrected chi connectivity index (χ4v) is 4.08. The number of urea groups is 2. The van der Waals surface area contributed by atoms with Crippen molar-refractivity contribution in [2.24, 2.45) is 5.73 Å². The molecule has 9 nitrogen and oxygen atoms in total. The third-order valence-corrected chi connectivity index (χ3v) is 5.69. The smallest absolute Gasteiger partial charge is 0.321 e. The number of thiazole rings is 1. The molecule has 1 aromatic heterocycles. The lowest BCUT2D eigenvalue weighted by molar-refractivity contribution is -0.122. The summed E-state index contributed by atoms with van der Waals surface area (Å²) in [4.78, 5) is 40.7. The van der Waals surface area contributed by atoms with Gasteiger partial charge in [0.15, 0.2) is 5.13 Å². The van der Waals surface area contributed by atoms with Gasteiger partial charge in [0.25, 0.3) is 0 Å². The summed E-state index contributed by atoms with van der Waals surface area (Å²) in [5, 5.41) is 11.0. The van der Waals surface area contributed by atoms with Gasteiger partial charge in [-0.1, -0.05) is 19.3 Å². The number of nitrogens with two attached hydrogens (primary N) is 1. The van der Waals surface area contributed by atoms with Gasteiger partial charge in [0.2, 0.25) is 5.91 Å². The van der Waals surface area contributed by atoms with E-state index >= 15 is 0 Å². The second-order valence-corrected chi connectivity index (χ2v) is 7.94. The van der Waals surface area contributed by atoms with Crippen LogP contribution in [0.2, 0.25) is 0 Å². The van der Waals surface area contributed by atoms with Crippen molar-refractivity contribution in [3.05, 3.63) is 11.1 Å². The molecule has 1 aromatic rings. The molecule has 0 atom stereocenters. The predicted molar refractivity (Wildman–Crippen MR) is 103 cm³/mol. The Bertz CT molecular complexity index is 682. The molecule has 10 heteroatoms. The van der Waals surface area contributed by atoms with Gasteiger partial charge in [-0.25, -0.2) is 14.6 Å². The molecule has 2 heterocycles. The normalized spacial score (nSPS) is 17.9. The molecule has 1 aliphatic heterocycles. The molecule has 0 bridgehead atoms. The van der Waals surface area contributed by atoms with Crippen molar-refractivity contribution in [3.8, 4) is 0 Å². The van der Waals surface area contributed by atoms with Gasteiger partial charge in [0.05, 0.1) is 11.7 Å². The number of carbonyl (C=O) groups is 3. The van der Waals surface area contributed by atoms with E-state index in [-0.39, 0.29) is 24.0 Å². The Morgan fingerprint density at radius 3 is 2.59 bits per heavy atom. The Hall–Kier alpha value is -2.36. The minimum absolute atomic E-state index is 0.0267. The first-order chi connectivity index (χ1) is 13.0. The van der Waals surface area contributed by atoms with Crippen molar-refractivity contribution in [1.29, 1.82) is 0 Å². The molecule has 2 fully saturated rings. The average molecular weight is 395 g/mol. The number of nitrogens with zero attached hydrogens (tertiary/aromatic N) is 2. The lowest BCUT2D eigenvalue weighted by atomic mass is 9.96. The van der Waals surface area contributed by atoms with Crippen LogP contribution in [-0.4, -0.2) is 53.0 Å². The largest absolute Gasteiger partial charge is 0.351 e. The van der Waals surface area contributed by atoms with Crippen molar-refractivity contribution in [1.82, 2.24) is 20.5 Å². The summed E-state index contributed by atoms with van der Waals surface area (Å²) < 4.78 is 0. The SMILES string of the molecule is NC(=O)N1CC(NC(=O)CCc2csc(NC(=O)NC3CCCCC3)n2)C1. The van der Waals surface area contributed by atoms with Crippen LogP contribution in [0.25, 0.3) is 0 Å². The van der Waals surface area contributed by atoms with Gasteiger partial charge in [0, 0.05) is 30.9 Å². The first kappa shape index (κ1) is 19.4. The zero-order valence-corrected chi connectivity index (χ0v) is 16.0. The Kier molecular flexibility index (Phi) is 6.49. The van der Waals surface area contributed by atoms with Crippen LogP contribution >= 0.6 is 11.3 Å². The third-order valence-electron chi connectivity index (χ3n) is 4.88. The van der Waals surface area contributed by atoms with Gasteiger partial charge >= 0.3 is 12.1 Å². The molecule has 1 aliphatic carbocycles. The molecule has 5 N–H and O–H groups in total. The van der Waals surface area contributed by atoms with Crippen LogP contribution in [0.15, 0.2) is 5.38 Å². The fraction of sp³-hybridized carbons (Fsp3) is 0.647. The van der Waals surface area contributed by atoms with E-state index < -0.39 is 6.03 Å². The number of primary amides is 1. The Morgan fingerprint density at radius 1 is 1.15 bits per heavy atom. The molecular weight excluding hydrogens is 368 g/mol. The number of rotatable bonds is 6. The molecule has 5 amide bonds. The molecule has 0 aromatic carbocycles. The lowest BCUT2D eigenvalue weighted by Crippen LogP contribution is -2.62. The predicted octanol–water partition coefficient (Wildman–Crippen LogP) is 1.41. The number of nitrogens with one attached hydrogen (secondary N) is 3. The standard InChI is InChI=1S/C17H26N6O3S/c18-15(25)23-8-13(9-23)19-14(24)7-6-12-10-27-17(21-12)22-16(26)20-11-4-2-1-3-5-11/h10-11,13H,1-9H2,(H2,18,25)(H,19,24)(H2,20,21,22,26). The third kappa shape index (κ3) is 5.81. The van der Waals surface area contributed by atoms with Gasteiger partial charge in [-0.2, -0.15) is 0 Å². The maximum atomic E-state index is 12.0. The molecule has 1 saturated carbocycles. The topological polar surface area (TPSA) is 129 Å². The van der Waals surface area contributed by atoms with Crippen molar-refractivity contribution >= 4 is 34.4 Å². The highest BCUT2D eigenvalue weighted by molar-refractivity contribution is 7.13. The Morgan fingerprint density at radius 2 is 1.89 bits per heavy atom. The number of aryl methyl sites for hydroxylation is 1. The van der Waals surface area contributed by atoms with E-state index in [0.717, 1.165) is 31.4 Å². The number of carbonyl (C=O) groups excluding carboxylic acids is 3. The van der Waals surface area contributed by atoms with Gasteiger partial charge < -0.3 is 21.3 Å². The summed E-state index contributed by atoms with van der Waals surface area (Å²) in [5.74, 6) is -0.0818. The highest BCUT2D eigenvalue weighted by Crippen LogP contribution is 2.19. The summed E-state index contributed by atoms with van der Waals surface area (Å²) in [7, 11) is 0. The van der Waals surface area contributed by atoms with Crippen molar-refractivity contribution in [3.63, 3.8) is 0 Å². The lowest BCUT2D eigenvalue weighted by Gasteiger charge is -2.38. The van der Waals surface area contributed by atoms with Crippen LogP contribution in [0.5, 0.6) is 0 Å². The first-order valence-electron chi connectivity index (χ1n) is 9.35. The van der Waals surface area contributed by atoms with E-state index in [1.807, 2.05) is 5.38 Å². The number of aromatic nitrogens is 1. The molecule has 0 spiro atoms. The summed E-state index contributed by atoms with van der Waals surface area (Å²) in [6.07, 6.45) is 6.44. The summed E-state index contributed by atoms with van der Waals surface area (Å²) in [5.41, 5.74) is 5.92. The van der Waals surface area contributed by atoms with Crippen LogP contribution in [-0.2, 0) is 11.2 Å². The molecule has 2 aliphatic rings. The highest BCUT2D eigenvalue weighted by Gasteiger charge is 2.30. The second-order valence-electron chi connectivity index (χ2n) is 7.09. The van der Waals surface area contributed by atoms with Crippen molar-refractivity contribution in [2.45, 2.75) is 57.0 Å². The molecule has 27 heavy (non-hydrogen) atoms. The van der Waals surface area contributed by atoms with Crippen LogP contribution < -0.4 is 21.7 Å². The van der Waals surface area contributed by atoms with Crippen molar-refractivity contribution in [2.75, 3.05) is 18.4 Å². The Labute approximate surface area is 162 Å². The van der Waals surface area contributed by atoms with Crippen LogP contribution in [0.3, 0.4) is 0 Å². The second kappa shape index (κ2) is 9.03. The van der Waals surface area contributed by atoms with E-state index in [4.69, 9.17) is 5.73 Å². The first-order valence-corrected chi connectivity index (χ1v) is 10.2. The van der Waals surface area contributed by atoms with E-state index in [1.165, 1.54) is 22.7 Å². The average Bonchev–Trinajstić information content (AvgIpc) is 3.03. The maximum absolute atomic E-state index is 12.0. The molecule has 0 radical (unpaired) electrons. The van der Waals surface area contributed by atoms with E-state index in [2.05, 4.69) is 20.9 Å². The van der Waals surface area contributed by atoms with Gasteiger partial charge in [-0.3, -0.25) is 10.1 Å². The Balaban J connectivity index is 1.34. The molecule has 148 valence electrons.